The zero-order chi connectivity index (χ0) is 18.7. The summed E-state index contributed by atoms with van der Waals surface area (Å²) in [6.07, 6.45) is 3.87. The van der Waals surface area contributed by atoms with Gasteiger partial charge >= 0.3 is 0 Å². The second-order valence-electron chi connectivity index (χ2n) is 6.86. The van der Waals surface area contributed by atoms with Gasteiger partial charge in [-0.05, 0) is 49.4 Å². The van der Waals surface area contributed by atoms with Crippen LogP contribution in [0.15, 0.2) is 30.5 Å². The van der Waals surface area contributed by atoms with Crippen molar-refractivity contribution < 1.29 is 9.53 Å². The first-order valence-electron chi connectivity index (χ1n) is 8.84. The fourth-order valence-electron chi connectivity index (χ4n) is 3.25. The maximum atomic E-state index is 12.8. The summed E-state index contributed by atoms with van der Waals surface area (Å²) in [5.41, 5.74) is 2.98. The molecule has 1 aliphatic heterocycles. The Labute approximate surface area is 159 Å². The molecule has 0 spiro atoms. The molecule has 3 rings (SSSR count). The largest absolute Gasteiger partial charge is 0.495 e. The van der Waals surface area contributed by atoms with Gasteiger partial charge in [0.2, 0.25) is 0 Å². The fourth-order valence-corrected chi connectivity index (χ4v) is 3.40. The van der Waals surface area contributed by atoms with Crippen LogP contribution in [-0.4, -0.2) is 36.0 Å². The Morgan fingerprint density at radius 2 is 2.19 bits per heavy atom. The highest BCUT2D eigenvalue weighted by Crippen LogP contribution is 2.33. The van der Waals surface area contributed by atoms with Crippen molar-refractivity contribution in [3.05, 3.63) is 46.7 Å². The van der Waals surface area contributed by atoms with Crippen LogP contribution in [0.2, 0.25) is 5.02 Å². The molecule has 1 unspecified atom stereocenters. The number of benzene rings is 1. The minimum atomic E-state index is -0.0144. The van der Waals surface area contributed by atoms with Gasteiger partial charge in [0, 0.05) is 36.1 Å². The standard InChI is InChI=1S/C20H24ClN3O2/c1-13-5-4-8-24(12-13)20(25)18-10-15(6-7-22-18)23-17-9-14(2)16(21)11-19(17)26-3/h6-7,9-11,13H,4-5,8,12H2,1-3H3,(H,22,23). The smallest absolute Gasteiger partial charge is 0.272 e. The van der Waals surface area contributed by atoms with Crippen LogP contribution in [0.3, 0.4) is 0 Å². The number of aryl methyl sites for hydroxylation is 1. The molecule has 0 bridgehead atoms. The van der Waals surface area contributed by atoms with E-state index in [1.807, 2.05) is 24.0 Å². The summed E-state index contributed by atoms with van der Waals surface area (Å²) in [5, 5.41) is 3.95. The number of carbonyl (C=O) groups is 1. The van der Waals surface area contributed by atoms with Gasteiger partial charge in [-0.3, -0.25) is 9.78 Å². The predicted octanol–water partition coefficient (Wildman–Crippen LogP) is 4.67. The Morgan fingerprint density at radius 1 is 1.38 bits per heavy atom. The van der Waals surface area contributed by atoms with Crippen LogP contribution < -0.4 is 10.1 Å². The minimum Gasteiger partial charge on any atom is -0.495 e. The first kappa shape index (κ1) is 18.5. The van der Waals surface area contributed by atoms with Crippen molar-refractivity contribution in [2.45, 2.75) is 26.7 Å². The van der Waals surface area contributed by atoms with Gasteiger partial charge in [-0.25, -0.2) is 0 Å². The highest BCUT2D eigenvalue weighted by molar-refractivity contribution is 6.31. The van der Waals surface area contributed by atoms with Crippen LogP contribution in [0.1, 0.15) is 35.8 Å². The third kappa shape index (κ3) is 4.10. The number of hydrogen-bond acceptors (Lipinski definition) is 4. The molecular formula is C20H24ClN3O2. The summed E-state index contributed by atoms with van der Waals surface area (Å²) in [5.74, 6) is 1.17. The second kappa shape index (κ2) is 7.96. The molecule has 6 heteroatoms. The van der Waals surface area contributed by atoms with E-state index in [-0.39, 0.29) is 5.91 Å². The number of rotatable bonds is 4. The molecule has 1 fully saturated rings. The van der Waals surface area contributed by atoms with Gasteiger partial charge in [0.05, 0.1) is 12.8 Å². The minimum absolute atomic E-state index is 0.0144. The molecule has 1 aromatic carbocycles. The van der Waals surface area contributed by atoms with E-state index in [0.29, 0.717) is 22.4 Å². The third-order valence-electron chi connectivity index (χ3n) is 4.68. The molecule has 2 aromatic rings. The van der Waals surface area contributed by atoms with E-state index in [1.165, 1.54) is 6.42 Å². The molecule has 0 radical (unpaired) electrons. The predicted molar refractivity (Wildman–Crippen MR) is 105 cm³/mol. The van der Waals surface area contributed by atoms with Crippen LogP contribution in [0.5, 0.6) is 5.75 Å². The Bertz CT molecular complexity index is 810. The summed E-state index contributed by atoms with van der Waals surface area (Å²) in [6, 6.07) is 7.32. The van der Waals surface area contributed by atoms with Gasteiger partial charge in [0.15, 0.2) is 0 Å². The Kier molecular flexibility index (Phi) is 5.67. The highest BCUT2D eigenvalue weighted by Gasteiger charge is 2.23. The molecule has 5 nitrogen and oxygen atoms in total. The lowest BCUT2D eigenvalue weighted by Crippen LogP contribution is -2.39. The number of anilines is 2. The lowest BCUT2D eigenvalue weighted by atomic mass is 10.00. The van der Waals surface area contributed by atoms with Gasteiger partial charge in [-0.15, -0.1) is 0 Å². The quantitative estimate of drug-likeness (QED) is 0.846. The number of nitrogens with zero attached hydrogens (tertiary/aromatic N) is 2. The molecule has 1 atom stereocenters. The van der Waals surface area contributed by atoms with Gasteiger partial charge in [-0.2, -0.15) is 0 Å². The van der Waals surface area contributed by atoms with E-state index >= 15 is 0 Å². The number of ether oxygens (including phenoxy) is 1. The van der Waals surface area contributed by atoms with E-state index in [4.69, 9.17) is 16.3 Å². The number of likely N-dealkylation sites (tertiary alicyclic amines) is 1. The number of carbonyl (C=O) groups excluding carboxylic acids is 1. The number of pyridine rings is 1. The molecule has 2 heterocycles. The molecule has 1 aromatic heterocycles. The zero-order valence-corrected chi connectivity index (χ0v) is 16.1. The summed E-state index contributed by atoms with van der Waals surface area (Å²) in [6.45, 7) is 5.71. The molecule has 0 aliphatic carbocycles. The number of halogens is 1. The molecule has 1 amide bonds. The van der Waals surface area contributed by atoms with Crippen molar-refractivity contribution in [1.29, 1.82) is 0 Å². The van der Waals surface area contributed by atoms with Crippen LogP contribution in [0, 0.1) is 12.8 Å². The maximum absolute atomic E-state index is 12.8. The molecule has 26 heavy (non-hydrogen) atoms. The Morgan fingerprint density at radius 3 is 2.92 bits per heavy atom. The van der Waals surface area contributed by atoms with Crippen molar-refractivity contribution >= 4 is 28.9 Å². The summed E-state index contributed by atoms with van der Waals surface area (Å²) < 4.78 is 5.40. The van der Waals surface area contributed by atoms with Crippen molar-refractivity contribution in [2.24, 2.45) is 5.92 Å². The number of methoxy groups -OCH3 is 1. The van der Waals surface area contributed by atoms with Crippen LogP contribution in [0.25, 0.3) is 0 Å². The number of aromatic nitrogens is 1. The first-order chi connectivity index (χ1) is 12.5. The average Bonchev–Trinajstić information content (AvgIpc) is 2.64. The SMILES string of the molecule is COc1cc(Cl)c(C)cc1Nc1ccnc(C(=O)N2CCCC(C)C2)c1. The number of piperidine rings is 1. The van der Waals surface area contributed by atoms with Gasteiger partial charge < -0.3 is 15.0 Å². The molecule has 138 valence electrons. The van der Waals surface area contributed by atoms with Gasteiger partial charge in [0.1, 0.15) is 11.4 Å². The van der Waals surface area contributed by atoms with Crippen molar-refractivity contribution in [2.75, 3.05) is 25.5 Å². The fraction of sp³-hybridized carbons (Fsp3) is 0.400. The maximum Gasteiger partial charge on any atom is 0.272 e. The first-order valence-corrected chi connectivity index (χ1v) is 9.22. The van der Waals surface area contributed by atoms with Crippen molar-refractivity contribution in [1.82, 2.24) is 9.88 Å². The zero-order valence-electron chi connectivity index (χ0n) is 15.4. The average molecular weight is 374 g/mol. The van der Waals surface area contributed by atoms with E-state index < -0.39 is 0 Å². The Balaban J connectivity index is 1.82. The highest BCUT2D eigenvalue weighted by atomic mass is 35.5. The van der Waals surface area contributed by atoms with Crippen molar-refractivity contribution in [3.8, 4) is 5.75 Å². The molecular weight excluding hydrogens is 350 g/mol. The van der Waals surface area contributed by atoms with Crippen LogP contribution in [0.4, 0.5) is 11.4 Å². The summed E-state index contributed by atoms with van der Waals surface area (Å²) in [7, 11) is 1.60. The monoisotopic (exact) mass is 373 g/mol. The van der Waals surface area contributed by atoms with Gasteiger partial charge in [-0.1, -0.05) is 18.5 Å². The molecule has 1 aliphatic rings. The van der Waals surface area contributed by atoms with E-state index in [2.05, 4.69) is 17.2 Å². The van der Waals surface area contributed by atoms with E-state index in [9.17, 15) is 4.79 Å². The van der Waals surface area contributed by atoms with E-state index in [1.54, 1.807) is 25.4 Å². The lowest BCUT2D eigenvalue weighted by molar-refractivity contribution is 0.0677. The topological polar surface area (TPSA) is 54.5 Å². The molecule has 1 N–H and O–H groups in total. The third-order valence-corrected chi connectivity index (χ3v) is 5.09. The normalized spacial score (nSPS) is 17.1. The number of amides is 1. The second-order valence-corrected chi connectivity index (χ2v) is 7.26. The lowest BCUT2D eigenvalue weighted by Gasteiger charge is -2.30. The van der Waals surface area contributed by atoms with Crippen LogP contribution in [-0.2, 0) is 0 Å². The van der Waals surface area contributed by atoms with Crippen molar-refractivity contribution in [3.63, 3.8) is 0 Å². The molecule has 1 saturated heterocycles. The van der Waals surface area contributed by atoms with Crippen LogP contribution >= 0.6 is 11.6 Å². The van der Waals surface area contributed by atoms with E-state index in [0.717, 1.165) is 36.4 Å². The molecule has 0 saturated carbocycles. The summed E-state index contributed by atoms with van der Waals surface area (Å²) in [4.78, 5) is 18.9. The Hall–Kier alpha value is -2.27. The number of nitrogens with one attached hydrogen (secondary N) is 1. The summed E-state index contributed by atoms with van der Waals surface area (Å²) >= 11 is 6.16. The number of hydrogen-bond donors (Lipinski definition) is 1. The van der Waals surface area contributed by atoms with Gasteiger partial charge in [0.25, 0.3) is 5.91 Å².